The van der Waals surface area contributed by atoms with E-state index in [4.69, 9.17) is 4.74 Å². The second-order valence-electron chi connectivity index (χ2n) is 3.75. The van der Waals surface area contributed by atoms with E-state index in [1.165, 1.54) is 0 Å². The monoisotopic (exact) mass is 216 g/mol. The second kappa shape index (κ2) is 7.65. The Morgan fingerprint density at radius 2 is 2.00 bits per heavy atom. The summed E-state index contributed by atoms with van der Waals surface area (Å²) in [5, 5.41) is 6.09. The molecule has 2 N–H and O–H groups in total. The average molecular weight is 216 g/mol. The molecule has 0 saturated heterocycles. The zero-order valence-corrected chi connectivity index (χ0v) is 10.4. The fraction of sp³-hybridized carbons (Fsp3) is 0.909. The number of methoxy groups -OCH3 is 1. The van der Waals surface area contributed by atoms with E-state index in [1.807, 2.05) is 13.8 Å². The first-order valence-corrected chi connectivity index (χ1v) is 5.64. The molecule has 0 spiro atoms. The van der Waals surface area contributed by atoms with Gasteiger partial charge in [-0.25, -0.2) is 0 Å². The zero-order valence-electron chi connectivity index (χ0n) is 10.4. The van der Waals surface area contributed by atoms with Crippen LogP contribution in [0, 0.1) is 0 Å². The van der Waals surface area contributed by atoms with Crippen molar-refractivity contribution < 1.29 is 9.53 Å². The van der Waals surface area contributed by atoms with E-state index in [0.29, 0.717) is 13.0 Å². The number of nitrogens with one attached hydrogen (secondary N) is 2. The van der Waals surface area contributed by atoms with Crippen molar-refractivity contribution in [2.45, 2.75) is 39.2 Å². The first-order chi connectivity index (χ1) is 7.10. The highest BCUT2D eigenvalue weighted by Gasteiger charge is 2.30. The molecule has 0 bridgehead atoms. The molecule has 4 nitrogen and oxygen atoms in total. The van der Waals surface area contributed by atoms with Gasteiger partial charge in [-0.1, -0.05) is 13.8 Å². The number of carbonyl (C=O) groups is 1. The normalized spacial score (nSPS) is 14.7. The van der Waals surface area contributed by atoms with Crippen LogP contribution in [0.3, 0.4) is 0 Å². The minimum atomic E-state index is -0.682. The first kappa shape index (κ1) is 14.4. The lowest BCUT2D eigenvalue weighted by atomic mass is 10.0. The van der Waals surface area contributed by atoms with Crippen LogP contribution in [-0.2, 0) is 9.53 Å². The number of hydrogen-bond acceptors (Lipinski definition) is 3. The highest BCUT2D eigenvalue weighted by atomic mass is 16.5. The molecule has 0 aromatic heterocycles. The highest BCUT2D eigenvalue weighted by molar-refractivity contribution is 5.84. The van der Waals surface area contributed by atoms with Crippen molar-refractivity contribution in [2.75, 3.05) is 26.7 Å². The van der Waals surface area contributed by atoms with Gasteiger partial charge in [-0.3, -0.25) is 4.79 Å². The predicted molar refractivity (Wildman–Crippen MR) is 61.9 cm³/mol. The summed E-state index contributed by atoms with van der Waals surface area (Å²) in [6, 6.07) is 0. The van der Waals surface area contributed by atoms with Gasteiger partial charge in [0.15, 0.2) is 0 Å². The fourth-order valence-corrected chi connectivity index (χ4v) is 1.18. The third-order valence-corrected chi connectivity index (χ3v) is 2.67. The van der Waals surface area contributed by atoms with Crippen LogP contribution in [0.25, 0.3) is 0 Å². The molecule has 0 aliphatic rings. The Hall–Kier alpha value is -0.610. The van der Waals surface area contributed by atoms with Gasteiger partial charge >= 0.3 is 0 Å². The SMILES string of the molecule is CCNCCCNC(=O)C(C)(CC)OC. The summed E-state index contributed by atoms with van der Waals surface area (Å²) in [5.41, 5.74) is -0.682. The molecule has 0 aromatic rings. The van der Waals surface area contributed by atoms with Crippen LogP contribution in [0.5, 0.6) is 0 Å². The summed E-state index contributed by atoms with van der Waals surface area (Å²) in [6.45, 7) is 8.43. The maximum Gasteiger partial charge on any atom is 0.251 e. The first-order valence-electron chi connectivity index (χ1n) is 5.64. The maximum atomic E-state index is 11.7. The van der Waals surface area contributed by atoms with Crippen LogP contribution in [0.4, 0.5) is 0 Å². The van der Waals surface area contributed by atoms with E-state index in [2.05, 4.69) is 17.6 Å². The van der Waals surface area contributed by atoms with Gasteiger partial charge in [0, 0.05) is 13.7 Å². The van der Waals surface area contributed by atoms with Crippen molar-refractivity contribution in [3.63, 3.8) is 0 Å². The van der Waals surface area contributed by atoms with E-state index in [1.54, 1.807) is 7.11 Å². The molecule has 0 aliphatic carbocycles. The Labute approximate surface area is 92.8 Å². The summed E-state index contributed by atoms with van der Waals surface area (Å²) in [5.74, 6) is -0.0241. The third kappa shape index (κ3) is 5.14. The highest BCUT2D eigenvalue weighted by Crippen LogP contribution is 2.13. The standard InChI is InChI=1S/C11H24N2O2/c1-5-11(3,15-4)10(14)13-9-7-8-12-6-2/h12H,5-9H2,1-4H3,(H,13,14). The van der Waals surface area contributed by atoms with Crippen molar-refractivity contribution >= 4 is 5.91 Å². The lowest BCUT2D eigenvalue weighted by Crippen LogP contribution is -2.46. The van der Waals surface area contributed by atoms with Crippen molar-refractivity contribution in [1.82, 2.24) is 10.6 Å². The quantitative estimate of drug-likeness (QED) is 0.593. The van der Waals surface area contributed by atoms with Crippen molar-refractivity contribution in [3.05, 3.63) is 0 Å². The average Bonchev–Trinajstić information content (AvgIpc) is 2.27. The van der Waals surface area contributed by atoms with Gasteiger partial charge in [-0.2, -0.15) is 0 Å². The smallest absolute Gasteiger partial charge is 0.251 e. The van der Waals surface area contributed by atoms with Crippen LogP contribution in [0.15, 0.2) is 0 Å². The molecule has 0 aliphatic heterocycles. The summed E-state index contributed by atoms with van der Waals surface area (Å²) in [4.78, 5) is 11.7. The molecular formula is C11H24N2O2. The second-order valence-corrected chi connectivity index (χ2v) is 3.75. The molecular weight excluding hydrogens is 192 g/mol. The minimum absolute atomic E-state index is 0.0241. The third-order valence-electron chi connectivity index (χ3n) is 2.67. The molecule has 0 rings (SSSR count). The minimum Gasteiger partial charge on any atom is -0.369 e. The summed E-state index contributed by atoms with van der Waals surface area (Å²) < 4.78 is 5.20. The van der Waals surface area contributed by atoms with Gasteiger partial charge in [0.05, 0.1) is 0 Å². The lowest BCUT2D eigenvalue weighted by Gasteiger charge is -2.25. The number of rotatable bonds is 8. The number of ether oxygens (including phenoxy) is 1. The number of amides is 1. The van der Waals surface area contributed by atoms with Crippen molar-refractivity contribution in [1.29, 1.82) is 0 Å². The molecule has 0 heterocycles. The van der Waals surface area contributed by atoms with E-state index in [9.17, 15) is 4.79 Å². The van der Waals surface area contributed by atoms with Gasteiger partial charge in [0.25, 0.3) is 5.91 Å². The molecule has 0 fully saturated rings. The van der Waals surface area contributed by atoms with E-state index < -0.39 is 5.60 Å². The van der Waals surface area contributed by atoms with Crippen molar-refractivity contribution in [3.8, 4) is 0 Å². The Balaban J connectivity index is 3.73. The summed E-state index contributed by atoms with van der Waals surface area (Å²) >= 11 is 0. The Bertz CT molecular complexity index is 179. The molecule has 0 radical (unpaired) electrons. The molecule has 1 atom stereocenters. The molecule has 90 valence electrons. The van der Waals surface area contributed by atoms with Crippen LogP contribution in [0.1, 0.15) is 33.6 Å². The molecule has 4 heteroatoms. The Morgan fingerprint density at radius 3 is 2.47 bits per heavy atom. The van der Waals surface area contributed by atoms with E-state index >= 15 is 0 Å². The Morgan fingerprint density at radius 1 is 1.33 bits per heavy atom. The largest absolute Gasteiger partial charge is 0.369 e. The fourth-order valence-electron chi connectivity index (χ4n) is 1.18. The molecule has 15 heavy (non-hydrogen) atoms. The molecule has 0 aromatic carbocycles. The summed E-state index contributed by atoms with van der Waals surface area (Å²) in [6.07, 6.45) is 1.63. The van der Waals surface area contributed by atoms with Gasteiger partial charge in [-0.05, 0) is 32.9 Å². The van der Waals surface area contributed by atoms with Gasteiger partial charge < -0.3 is 15.4 Å². The summed E-state index contributed by atoms with van der Waals surface area (Å²) in [7, 11) is 1.57. The predicted octanol–water partition coefficient (Wildman–Crippen LogP) is 0.917. The van der Waals surface area contributed by atoms with Gasteiger partial charge in [0.2, 0.25) is 0 Å². The molecule has 1 unspecified atom stereocenters. The van der Waals surface area contributed by atoms with Crippen LogP contribution in [-0.4, -0.2) is 38.3 Å². The maximum absolute atomic E-state index is 11.7. The van der Waals surface area contributed by atoms with Crippen LogP contribution < -0.4 is 10.6 Å². The van der Waals surface area contributed by atoms with Gasteiger partial charge in [-0.15, -0.1) is 0 Å². The Kier molecular flexibility index (Phi) is 7.34. The van der Waals surface area contributed by atoms with Crippen LogP contribution in [0.2, 0.25) is 0 Å². The van der Waals surface area contributed by atoms with Gasteiger partial charge in [0.1, 0.15) is 5.60 Å². The van der Waals surface area contributed by atoms with Crippen LogP contribution >= 0.6 is 0 Å². The topological polar surface area (TPSA) is 50.4 Å². The number of carbonyl (C=O) groups excluding carboxylic acids is 1. The van der Waals surface area contributed by atoms with Crippen molar-refractivity contribution in [2.24, 2.45) is 0 Å². The van der Waals surface area contributed by atoms with E-state index in [-0.39, 0.29) is 5.91 Å². The molecule has 0 saturated carbocycles. The van der Waals surface area contributed by atoms with E-state index in [0.717, 1.165) is 19.5 Å². The number of hydrogen-bond donors (Lipinski definition) is 2. The molecule has 1 amide bonds. The lowest BCUT2D eigenvalue weighted by molar-refractivity contribution is -0.141. The zero-order chi connectivity index (χ0) is 11.7.